The first kappa shape index (κ1) is 36.5. The SMILES string of the molecule is CCC(CC)C[C@H](O)[C@H](CC1CCCCC1)NC(=O)[C@H](Cc1cn(S(=O)(=O)c2ccc(C)cc2)cn1)N(C)C(=O)OC(C)(C)C. The second-order valence-electron chi connectivity index (χ2n) is 13.7. The van der Waals surface area contributed by atoms with Crippen LogP contribution in [0.2, 0.25) is 0 Å². The molecule has 1 aliphatic rings. The highest BCUT2D eigenvalue weighted by Crippen LogP contribution is 2.30. The normalized spacial score (nSPS) is 16.6. The smallest absolute Gasteiger partial charge is 0.410 e. The molecule has 2 N–H and O–H groups in total. The number of rotatable bonds is 14. The lowest BCUT2D eigenvalue weighted by Gasteiger charge is -2.34. The lowest BCUT2D eigenvalue weighted by molar-refractivity contribution is -0.128. The summed E-state index contributed by atoms with van der Waals surface area (Å²) in [6.45, 7) is 11.3. The van der Waals surface area contributed by atoms with E-state index >= 15 is 0 Å². The third-order valence-corrected chi connectivity index (χ3v) is 10.5. The minimum atomic E-state index is -3.90. The van der Waals surface area contributed by atoms with Crippen molar-refractivity contribution in [2.45, 2.75) is 134 Å². The standard InChI is InChI=1S/C34H54N4O6S/c1-8-25(9-2)20-31(39)29(19-26-13-11-10-12-14-26)36-32(40)30(37(7)33(41)44-34(4,5)6)21-27-22-38(23-35-27)45(42,43)28-17-15-24(3)16-18-28/h15-18,22-23,25-26,29-31,39H,8-14,19-21H2,1-7H3,(H,36,40)/t29-,30-,31-/m0/s1. The van der Waals surface area contributed by atoms with Gasteiger partial charge in [0.1, 0.15) is 18.0 Å². The Kier molecular flexibility index (Phi) is 13.1. The fourth-order valence-corrected chi connectivity index (χ4v) is 7.13. The monoisotopic (exact) mass is 646 g/mol. The van der Waals surface area contributed by atoms with Gasteiger partial charge in [0.15, 0.2) is 0 Å². The minimum Gasteiger partial charge on any atom is -0.444 e. The van der Waals surface area contributed by atoms with Crippen LogP contribution in [0, 0.1) is 18.8 Å². The predicted molar refractivity (Wildman–Crippen MR) is 175 cm³/mol. The lowest BCUT2D eigenvalue weighted by atomic mass is 9.82. The van der Waals surface area contributed by atoms with Crippen LogP contribution in [-0.4, -0.2) is 70.2 Å². The molecule has 0 radical (unpaired) electrons. The van der Waals surface area contributed by atoms with Crippen molar-refractivity contribution >= 4 is 22.0 Å². The third-order valence-electron chi connectivity index (χ3n) is 8.90. The van der Waals surface area contributed by atoms with Gasteiger partial charge in [-0.25, -0.2) is 22.2 Å². The van der Waals surface area contributed by atoms with Gasteiger partial charge in [-0.3, -0.25) is 9.69 Å². The summed E-state index contributed by atoms with van der Waals surface area (Å²) in [5.41, 5.74) is 0.472. The molecule has 0 bridgehead atoms. The third kappa shape index (κ3) is 10.6. The van der Waals surface area contributed by atoms with E-state index in [-0.39, 0.29) is 11.3 Å². The number of nitrogens with zero attached hydrogens (tertiary/aromatic N) is 3. The number of likely N-dealkylation sites (N-methyl/N-ethyl adjacent to an activating group) is 1. The average molecular weight is 647 g/mol. The largest absolute Gasteiger partial charge is 0.444 e. The van der Waals surface area contributed by atoms with Crippen LogP contribution >= 0.6 is 0 Å². The fraction of sp³-hybridized carbons (Fsp3) is 0.676. The highest BCUT2D eigenvalue weighted by Gasteiger charge is 2.35. The molecule has 3 rings (SSSR count). The Hall–Kier alpha value is -2.92. The Balaban J connectivity index is 1.89. The number of benzene rings is 1. The predicted octanol–water partition coefficient (Wildman–Crippen LogP) is 5.85. The Bertz CT molecular complexity index is 1340. The first-order valence-electron chi connectivity index (χ1n) is 16.4. The first-order valence-corrected chi connectivity index (χ1v) is 17.9. The molecule has 10 nitrogen and oxygen atoms in total. The molecule has 0 saturated heterocycles. The fourth-order valence-electron chi connectivity index (χ4n) is 5.98. The van der Waals surface area contributed by atoms with E-state index in [2.05, 4.69) is 24.1 Å². The number of imidazole rings is 1. The van der Waals surface area contributed by atoms with E-state index in [1.165, 1.54) is 43.0 Å². The summed E-state index contributed by atoms with van der Waals surface area (Å²) in [5, 5.41) is 14.5. The van der Waals surface area contributed by atoms with Gasteiger partial charge in [-0.2, -0.15) is 0 Å². The van der Waals surface area contributed by atoms with E-state index in [1.807, 2.05) is 6.92 Å². The number of aromatic nitrogens is 2. The van der Waals surface area contributed by atoms with Crippen LogP contribution in [-0.2, 0) is 26.0 Å². The molecule has 0 unspecified atom stereocenters. The van der Waals surface area contributed by atoms with Crippen molar-refractivity contribution in [2.24, 2.45) is 11.8 Å². The number of carbonyl (C=O) groups excluding carboxylic acids is 2. The van der Waals surface area contributed by atoms with Crippen LogP contribution in [0.1, 0.15) is 104 Å². The number of hydrogen-bond donors (Lipinski definition) is 2. The summed E-state index contributed by atoms with van der Waals surface area (Å²) in [7, 11) is -2.40. The summed E-state index contributed by atoms with van der Waals surface area (Å²) in [5.74, 6) is 0.305. The number of ether oxygens (including phenoxy) is 1. The zero-order valence-electron chi connectivity index (χ0n) is 28.2. The molecule has 2 aromatic rings. The van der Waals surface area contributed by atoms with E-state index in [1.54, 1.807) is 32.9 Å². The maximum atomic E-state index is 14.1. The van der Waals surface area contributed by atoms with Crippen LogP contribution in [0.4, 0.5) is 4.79 Å². The molecule has 1 heterocycles. The van der Waals surface area contributed by atoms with E-state index in [4.69, 9.17) is 4.74 Å². The number of nitrogens with one attached hydrogen (secondary N) is 1. The Labute approximate surface area is 270 Å². The zero-order valence-corrected chi connectivity index (χ0v) is 29.0. The van der Waals surface area contributed by atoms with E-state index < -0.39 is 45.8 Å². The number of carbonyl (C=O) groups is 2. The summed E-state index contributed by atoms with van der Waals surface area (Å²) in [6.07, 6.45) is 9.88. The van der Waals surface area contributed by atoms with Crippen molar-refractivity contribution in [3.05, 3.63) is 48.0 Å². The van der Waals surface area contributed by atoms with Crippen LogP contribution < -0.4 is 5.32 Å². The second kappa shape index (κ2) is 16.1. The molecule has 252 valence electrons. The second-order valence-corrected chi connectivity index (χ2v) is 15.5. The molecule has 1 aromatic heterocycles. The quantitative estimate of drug-likeness (QED) is 0.263. The molecule has 1 aliphatic carbocycles. The number of aliphatic hydroxyl groups is 1. The average Bonchev–Trinajstić information content (AvgIpc) is 3.47. The molecule has 45 heavy (non-hydrogen) atoms. The van der Waals surface area contributed by atoms with Gasteiger partial charge in [-0.15, -0.1) is 0 Å². The number of amides is 2. The van der Waals surface area contributed by atoms with Crippen molar-refractivity contribution in [2.75, 3.05) is 7.05 Å². The van der Waals surface area contributed by atoms with Gasteiger partial charge < -0.3 is 15.2 Å². The summed E-state index contributed by atoms with van der Waals surface area (Å²) in [4.78, 5) is 32.9. The minimum absolute atomic E-state index is 0.0449. The lowest BCUT2D eigenvalue weighted by Crippen LogP contribution is -2.55. The maximum Gasteiger partial charge on any atom is 0.410 e. The van der Waals surface area contributed by atoms with Crippen molar-refractivity contribution in [3.63, 3.8) is 0 Å². The molecular formula is C34H54N4O6S. The van der Waals surface area contributed by atoms with Crippen LogP contribution in [0.3, 0.4) is 0 Å². The molecule has 1 saturated carbocycles. The molecular weight excluding hydrogens is 592 g/mol. The van der Waals surface area contributed by atoms with Gasteiger partial charge in [0, 0.05) is 19.7 Å². The van der Waals surface area contributed by atoms with Crippen LogP contribution in [0.15, 0.2) is 41.7 Å². The number of hydrogen-bond acceptors (Lipinski definition) is 7. The molecule has 1 aromatic carbocycles. The summed E-state index contributed by atoms with van der Waals surface area (Å²) in [6, 6.07) is 4.99. The summed E-state index contributed by atoms with van der Waals surface area (Å²) < 4.78 is 33.1. The number of aliphatic hydroxyl groups excluding tert-OH is 1. The van der Waals surface area contributed by atoms with E-state index in [0.717, 1.165) is 48.1 Å². The maximum absolute atomic E-state index is 14.1. The summed E-state index contributed by atoms with van der Waals surface area (Å²) >= 11 is 0. The van der Waals surface area contributed by atoms with Gasteiger partial charge in [0.25, 0.3) is 10.0 Å². The molecule has 2 amide bonds. The van der Waals surface area contributed by atoms with E-state index in [0.29, 0.717) is 30.4 Å². The Morgan fingerprint density at radius 3 is 2.31 bits per heavy atom. The van der Waals surface area contributed by atoms with Gasteiger partial charge >= 0.3 is 6.09 Å². The Morgan fingerprint density at radius 2 is 1.73 bits per heavy atom. The zero-order chi connectivity index (χ0) is 33.4. The number of aryl methyl sites for hydroxylation is 1. The van der Waals surface area contributed by atoms with Crippen molar-refractivity contribution < 1.29 is 27.9 Å². The van der Waals surface area contributed by atoms with Gasteiger partial charge in [-0.1, -0.05) is 76.5 Å². The van der Waals surface area contributed by atoms with Gasteiger partial charge in [0.2, 0.25) is 5.91 Å². The first-order chi connectivity index (χ1) is 21.1. The molecule has 3 atom stereocenters. The molecule has 0 aliphatic heterocycles. The molecule has 0 spiro atoms. The highest BCUT2D eigenvalue weighted by atomic mass is 32.2. The van der Waals surface area contributed by atoms with Crippen molar-refractivity contribution in [1.82, 2.24) is 19.2 Å². The molecule has 1 fully saturated rings. The topological polar surface area (TPSA) is 131 Å². The Morgan fingerprint density at radius 1 is 1.11 bits per heavy atom. The van der Waals surface area contributed by atoms with Gasteiger partial charge in [-0.05, 0) is 64.5 Å². The van der Waals surface area contributed by atoms with Crippen LogP contribution in [0.25, 0.3) is 0 Å². The highest BCUT2D eigenvalue weighted by molar-refractivity contribution is 7.90. The van der Waals surface area contributed by atoms with Crippen molar-refractivity contribution in [1.29, 1.82) is 0 Å². The van der Waals surface area contributed by atoms with Gasteiger partial charge in [0.05, 0.1) is 22.7 Å². The van der Waals surface area contributed by atoms with E-state index in [9.17, 15) is 23.1 Å². The molecule has 11 heteroatoms. The van der Waals surface area contributed by atoms with Crippen molar-refractivity contribution in [3.8, 4) is 0 Å². The van der Waals surface area contributed by atoms with Crippen LogP contribution in [0.5, 0.6) is 0 Å².